The lowest BCUT2D eigenvalue weighted by Gasteiger charge is -2.19. The van der Waals surface area contributed by atoms with Crippen molar-refractivity contribution in [2.75, 3.05) is 0 Å². The van der Waals surface area contributed by atoms with Gasteiger partial charge in [-0.05, 0) is 30.0 Å². The third-order valence-corrected chi connectivity index (χ3v) is 3.63. The van der Waals surface area contributed by atoms with E-state index in [9.17, 15) is 9.50 Å². The first kappa shape index (κ1) is 11.4. The van der Waals surface area contributed by atoms with Gasteiger partial charge >= 0.3 is 0 Å². The molecule has 3 heteroatoms. The van der Waals surface area contributed by atoms with Crippen molar-refractivity contribution >= 4 is 0 Å². The Hall–Kier alpha value is -1.74. The highest BCUT2D eigenvalue weighted by Gasteiger charge is 2.29. The zero-order chi connectivity index (χ0) is 12.5. The fourth-order valence-corrected chi connectivity index (χ4v) is 2.74. The molecule has 2 aromatic rings. The van der Waals surface area contributed by atoms with Crippen LogP contribution in [0.15, 0.2) is 42.7 Å². The van der Waals surface area contributed by atoms with Crippen molar-refractivity contribution in [1.29, 1.82) is 0 Å². The van der Waals surface area contributed by atoms with Crippen LogP contribution in [-0.4, -0.2) is 10.1 Å². The summed E-state index contributed by atoms with van der Waals surface area (Å²) in [5.74, 6) is -0.359. The molecule has 0 saturated heterocycles. The molecular formula is C15H14FNO. The van der Waals surface area contributed by atoms with Crippen LogP contribution >= 0.6 is 0 Å². The minimum absolute atomic E-state index is 0.0461. The molecule has 1 N–H and O–H groups in total. The van der Waals surface area contributed by atoms with Crippen molar-refractivity contribution in [2.45, 2.75) is 24.9 Å². The number of pyridine rings is 1. The summed E-state index contributed by atoms with van der Waals surface area (Å²) in [5.41, 5.74) is 3.01. The van der Waals surface area contributed by atoms with Gasteiger partial charge in [0.15, 0.2) is 0 Å². The average Bonchev–Trinajstić information content (AvgIpc) is 2.82. The van der Waals surface area contributed by atoms with E-state index in [0.29, 0.717) is 5.56 Å². The molecule has 1 aromatic carbocycles. The lowest BCUT2D eigenvalue weighted by molar-refractivity contribution is 0.144. The standard InChI is InChI=1S/C15H14FNO/c16-12-7-11(8-17-9-12)15(18)14-6-5-10-3-1-2-4-13(10)14/h1-4,7-9,14-15,18H,5-6H2. The first-order valence-corrected chi connectivity index (χ1v) is 6.12. The van der Waals surface area contributed by atoms with Crippen molar-refractivity contribution in [3.05, 3.63) is 65.2 Å². The van der Waals surface area contributed by atoms with Gasteiger partial charge in [0.05, 0.1) is 12.3 Å². The van der Waals surface area contributed by atoms with Gasteiger partial charge < -0.3 is 5.11 Å². The first-order chi connectivity index (χ1) is 8.75. The highest BCUT2D eigenvalue weighted by Crippen LogP contribution is 2.41. The smallest absolute Gasteiger partial charge is 0.141 e. The van der Waals surface area contributed by atoms with Crippen LogP contribution in [0.25, 0.3) is 0 Å². The summed E-state index contributed by atoms with van der Waals surface area (Å²) < 4.78 is 13.1. The molecule has 0 bridgehead atoms. The van der Waals surface area contributed by atoms with Gasteiger partial charge in [0.1, 0.15) is 5.82 Å². The molecule has 0 fully saturated rings. The molecule has 3 rings (SSSR count). The molecule has 18 heavy (non-hydrogen) atoms. The van der Waals surface area contributed by atoms with Crippen LogP contribution in [0.1, 0.15) is 35.1 Å². The molecule has 1 heterocycles. The van der Waals surface area contributed by atoms with Gasteiger partial charge in [-0.15, -0.1) is 0 Å². The summed E-state index contributed by atoms with van der Waals surface area (Å²) in [5, 5.41) is 10.4. The third kappa shape index (κ3) is 1.91. The van der Waals surface area contributed by atoms with E-state index >= 15 is 0 Å². The lowest BCUT2D eigenvalue weighted by Crippen LogP contribution is -2.08. The Kier molecular flexibility index (Phi) is 2.84. The molecule has 0 amide bonds. The lowest BCUT2D eigenvalue weighted by atomic mass is 9.91. The maximum atomic E-state index is 13.1. The Bertz CT molecular complexity index is 570. The minimum atomic E-state index is -0.683. The number of halogens is 1. The maximum Gasteiger partial charge on any atom is 0.141 e. The van der Waals surface area contributed by atoms with Crippen molar-refractivity contribution in [2.24, 2.45) is 0 Å². The van der Waals surface area contributed by atoms with Gasteiger partial charge in [-0.3, -0.25) is 4.98 Å². The summed E-state index contributed by atoms with van der Waals surface area (Å²) in [6.07, 6.45) is 3.88. The van der Waals surface area contributed by atoms with E-state index in [1.54, 1.807) is 0 Å². The number of fused-ring (bicyclic) bond motifs is 1. The topological polar surface area (TPSA) is 33.1 Å². The van der Waals surface area contributed by atoms with Gasteiger partial charge in [-0.25, -0.2) is 4.39 Å². The van der Waals surface area contributed by atoms with Crippen molar-refractivity contribution in [3.8, 4) is 0 Å². The number of hydrogen-bond donors (Lipinski definition) is 1. The number of benzene rings is 1. The van der Waals surface area contributed by atoms with Gasteiger partial charge in [0.25, 0.3) is 0 Å². The number of aliphatic hydroxyl groups excluding tert-OH is 1. The van der Waals surface area contributed by atoms with Gasteiger partial charge in [0, 0.05) is 17.7 Å². The van der Waals surface area contributed by atoms with Crippen LogP contribution in [0.5, 0.6) is 0 Å². The Morgan fingerprint density at radius 1 is 1.28 bits per heavy atom. The largest absolute Gasteiger partial charge is 0.388 e. The zero-order valence-electron chi connectivity index (χ0n) is 9.88. The molecular weight excluding hydrogens is 229 g/mol. The van der Waals surface area contributed by atoms with Crippen molar-refractivity contribution < 1.29 is 9.50 Å². The van der Waals surface area contributed by atoms with Crippen LogP contribution in [0.4, 0.5) is 4.39 Å². The zero-order valence-corrected chi connectivity index (χ0v) is 9.88. The summed E-state index contributed by atoms with van der Waals surface area (Å²) in [6.45, 7) is 0. The maximum absolute atomic E-state index is 13.1. The Balaban J connectivity index is 1.93. The summed E-state index contributed by atoms with van der Waals surface area (Å²) >= 11 is 0. The van der Waals surface area contributed by atoms with Crippen LogP contribution < -0.4 is 0 Å². The first-order valence-electron chi connectivity index (χ1n) is 6.12. The number of rotatable bonds is 2. The van der Waals surface area contributed by atoms with E-state index < -0.39 is 11.9 Å². The van der Waals surface area contributed by atoms with Crippen LogP contribution in [0.3, 0.4) is 0 Å². The molecule has 0 aliphatic heterocycles. The van der Waals surface area contributed by atoms with Crippen LogP contribution in [-0.2, 0) is 6.42 Å². The SMILES string of the molecule is OC(c1cncc(F)c1)C1CCc2ccccc21. The second-order valence-corrected chi connectivity index (χ2v) is 4.73. The number of aliphatic hydroxyl groups is 1. The average molecular weight is 243 g/mol. The molecule has 2 atom stereocenters. The summed E-state index contributed by atoms with van der Waals surface area (Å²) in [4.78, 5) is 3.80. The predicted molar refractivity (Wildman–Crippen MR) is 66.7 cm³/mol. The predicted octanol–water partition coefficient (Wildman–Crippen LogP) is 2.98. The van der Waals surface area contributed by atoms with E-state index in [4.69, 9.17) is 0 Å². The van der Waals surface area contributed by atoms with Crippen LogP contribution in [0, 0.1) is 5.82 Å². The number of hydrogen-bond acceptors (Lipinski definition) is 2. The van der Waals surface area contributed by atoms with E-state index in [0.717, 1.165) is 19.0 Å². The molecule has 1 aliphatic carbocycles. The van der Waals surface area contributed by atoms with E-state index in [1.807, 2.05) is 18.2 Å². The Morgan fingerprint density at radius 2 is 2.11 bits per heavy atom. The molecule has 1 aromatic heterocycles. The molecule has 92 valence electrons. The van der Waals surface area contributed by atoms with Crippen molar-refractivity contribution in [1.82, 2.24) is 4.98 Å². The fourth-order valence-electron chi connectivity index (χ4n) is 2.74. The monoisotopic (exact) mass is 243 g/mol. The number of nitrogens with zero attached hydrogens (tertiary/aromatic N) is 1. The highest BCUT2D eigenvalue weighted by atomic mass is 19.1. The normalized spacial score (nSPS) is 19.6. The second-order valence-electron chi connectivity index (χ2n) is 4.73. The second kappa shape index (κ2) is 4.50. The third-order valence-electron chi connectivity index (χ3n) is 3.63. The summed E-state index contributed by atoms with van der Waals surface area (Å²) in [6, 6.07) is 9.48. The summed E-state index contributed by atoms with van der Waals surface area (Å²) in [7, 11) is 0. The molecule has 2 nitrogen and oxygen atoms in total. The molecule has 0 radical (unpaired) electrons. The molecule has 0 spiro atoms. The Labute approximate surface area is 105 Å². The van der Waals surface area contributed by atoms with Crippen LogP contribution in [0.2, 0.25) is 0 Å². The molecule has 2 unspecified atom stereocenters. The van der Waals surface area contributed by atoms with E-state index in [-0.39, 0.29) is 5.92 Å². The number of aryl methyl sites for hydroxylation is 1. The minimum Gasteiger partial charge on any atom is -0.388 e. The van der Waals surface area contributed by atoms with Gasteiger partial charge in [0.2, 0.25) is 0 Å². The van der Waals surface area contributed by atoms with E-state index in [2.05, 4.69) is 11.1 Å². The van der Waals surface area contributed by atoms with E-state index in [1.165, 1.54) is 23.4 Å². The Morgan fingerprint density at radius 3 is 2.94 bits per heavy atom. The highest BCUT2D eigenvalue weighted by molar-refractivity contribution is 5.37. The number of aromatic nitrogens is 1. The molecule has 0 saturated carbocycles. The fraction of sp³-hybridized carbons (Fsp3) is 0.267. The van der Waals surface area contributed by atoms with Gasteiger partial charge in [-0.2, -0.15) is 0 Å². The van der Waals surface area contributed by atoms with Crippen molar-refractivity contribution in [3.63, 3.8) is 0 Å². The van der Waals surface area contributed by atoms with Gasteiger partial charge in [-0.1, -0.05) is 24.3 Å². The molecule has 1 aliphatic rings. The quantitative estimate of drug-likeness (QED) is 0.879.